The Balaban J connectivity index is 1.72. The Hall–Kier alpha value is -2.56. The third kappa shape index (κ3) is 6.72. The number of hydrogen-bond donors (Lipinski definition) is 3. The van der Waals surface area contributed by atoms with Crippen LogP contribution in [0.15, 0.2) is 53.4 Å². The first kappa shape index (κ1) is 24.1. The van der Waals surface area contributed by atoms with Gasteiger partial charge in [-0.15, -0.1) is 0 Å². The van der Waals surface area contributed by atoms with E-state index >= 15 is 0 Å². The van der Waals surface area contributed by atoms with Crippen LogP contribution in [0.25, 0.3) is 0 Å². The van der Waals surface area contributed by atoms with Crippen LogP contribution < -0.4 is 20.1 Å². The van der Waals surface area contributed by atoms with E-state index in [0.717, 1.165) is 12.8 Å². The van der Waals surface area contributed by atoms with Gasteiger partial charge in [0.1, 0.15) is 11.8 Å². The van der Waals surface area contributed by atoms with Gasteiger partial charge in [-0.05, 0) is 73.7 Å². The van der Waals surface area contributed by atoms with Gasteiger partial charge in [-0.2, -0.15) is 16.5 Å². The predicted molar refractivity (Wildman–Crippen MR) is 126 cm³/mol. The quantitative estimate of drug-likeness (QED) is 0.459. The number of rotatable bonds is 11. The minimum atomic E-state index is -3.92. The highest BCUT2D eigenvalue weighted by molar-refractivity contribution is 7.98. The summed E-state index contributed by atoms with van der Waals surface area (Å²) in [6.45, 7) is 0. The van der Waals surface area contributed by atoms with Crippen molar-refractivity contribution in [3.05, 3.63) is 54.1 Å². The van der Waals surface area contributed by atoms with Gasteiger partial charge in [0, 0.05) is 17.3 Å². The molecule has 1 aliphatic rings. The standard InChI is InChI=1S/C22H27N3O5S2/c1-30-18-8-10-19(11-9-18)32(28,29)25-20(12-13-31-2)22(27)24-17-5-3-4-15(14-17)21(26)23-16-6-7-16/h3-5,8-11,14,16,20,25H,6-7,12-13H2,1-2H3,(H,23,26)(H,24,27)/t20-/m1/s1. The summed E-state index contributed by atoms with van der Waals surface area (Å²) in [5.74, 6) is 0.442. The molecular weight excluding hydrogens is 450 g/mol. The van der Waals surface area contributed by atoms with Crippen molar-refractivity contribution in [1.82, 2.24) is 10.0 Å². The van der Waals surface area contributed by atoms with Crippen LogP contribution in [-0.2, 0) is 14.8 Å². The zero-order valence-electron chi connectivity index (χ0n) is 18.0. The first-order chi connectivity index (χ1) is 15.3. The summed E-state index contributed by atoms with van der Waals surface area (Å²) in [5.41, 5.74) is 0.866. The van der Waals surface area contributed by atoms with E-state index in [-0.39, 0.29) is 16.8 Å². The molecule has 32 heavy (non-hydrogen) atoms. The number of hydrogen-bond acceptors (Lipinski definition) is 6. The van der Waals surface area contributed by atoms with Gasteiger partial charge in [0.2, 0.25) is 15.9 Å². The molecule has 1 aliphatic carbocycles. The number of carbonyl (C=O) groups is 2. The van der Waals surface area contributed by atoms with E-state index < -0.39 is 22.0 Å². The first-order valence-corrected chi connectivity index (χ1v) is 13.1. The molecule has 1 fully saturated rings. The zero-order valence-corrected chi connectivity index (χ0v) is 19.6. The lowest BCUT2D eigenvalue weighted by molar-refractivity contribution is -0.117. The Bertz CT molecular complexity index is 1050. The average Bonchev–Trinajstić information content (AvgIpc) is 3.60. The SMILES string of the molecule is COc1ccc(S(=O)(=O)N[C@H](CCSC)C(=O)Nc2cccc(C(=O)NC3CC3)c2)cc1. The topological polar surface area (TPSA) is 114 Å². The lowest BCUT2D eigenvalue weighted by atomic mass is 10.1. The molecule has 1 saturated carbocycles. The van der Waals surface area contributed by atoms with Crippen molar-refractivity contribution >= 4 is 39.3 Å². The van der Waals surface area contributed by atoms with Crippen LogP contribution in [0.2, 0.25) is 0 Å². The Morgan fingerprint density at radius 1 is 1.16 bits per heavy atom. The van der Waals surface area contributed by atoms with Crippen LogP contribution in [0.3, 0.4) is 0 Å². The average molecular weight is 478 g/mol. The number of ether oxygens (including phenoxy) is 1. The van der Waals surface area contributed by atoms with Crippen molar-refractivity contribution in [1.29, 1.82) is 0 Å². The molecule has 0 spiro atoms. The molecule has 0 radical (unpaired) electrons. The number of methoxy groups -OCH3 is 1. The highest BCUT2D eigenvalue weighted by Gasteiger charge is 2.26. The molecule has 0 unspecified atom stereocenters. The van der Waals surface area contributed by atoms with E-state index in [2.05, 4.69) is 15.4 Å². The second-order valence-electron chi connectivity index (χ2n) is 7.45. The molecule has 8 nitrogen and oxygen atoms in total. The van der Waals surface area contributed by atoms with Crippen molar-refractivity contribution in [3.63, 3.8) is 0 Å². The lowest BCUT2D eigenvalue weighted by Crippen LogP contribution is -2.44. The Morgan fingerprint density at radius 2 is 1.88 bits per heavy atom. The molecule has 2 aromatic carbocycles. The zero-order chi connectivity index (χ0) is 23.1. The Labute approximate surface area is 192 Å². The maximum atomic E-state index is 12.9. The molecule has 0 saturated heterocycles. The van der Waals surface area contributed by atoms with Gasteiger partial charge in [0.25, 0.3) is 5.91 Å². The molecule has 0 bridgehead atoms. The number of carbonyl (C=O) groups excluding carboxylic acids is 2. The minimum Gasteiger partial charge on any atom is -0.497 e. The van der Waals surface area contributed by atoms with Crippen molar-refractivity contribution in [2.75, 3.05) is 24.4 Å². The van der Waals surface area contributed by atoms with Crippen LogP contribution in [0, 0.1) is 0 Å². The van der Waals surface area contributed by atoms with Crippen LogP contribution in [0.4, 0.5) is 5.69 Å². The van der Waals surface area contributed by atoms with E-state index in [1.807, 2.05) is 6.26 Å². The molecule has 10 heteroatoms. The number of benzene rings is 2. The van der Waals surface area contributed by atoms with E-state index in [0.29, 0.717) is 29.2 Å². The summed E-state index contributed by atoms with van der Waals surface area (Å²) in [6, 6.07) is 11.8. The largest absolute Gasteiger partial charge is 0.497 e. The van der Waals surface area contributed by atoms with Gasteiger partial charge in [-0.1, -0.05) is 6.07 Å². The van der Waals surface area contributed by atoms with E-state index in [4.69, 9.17) is 4.74 Å². The van der Waals surface area contributed by atoms with Crippen LogP contribution in [0.5, 0.6) is 5.75 Å². The summed E-state index contributed by atoms with van der Waals surface area (Å²) in [5, 5.41) is 5.64. The predicted octanol–water partition coefficient (Wildman–Crippen LogP) is 2.63. The van der Waals surface area contributed by atoms with Crippen molar-refractivity contribution in [2.24, 2.45) is 0 Å². The van der Waals surface area contributed by atoms with Gasteiger partial charge in [-0.3, -0.25) is 9.59 Å². The molecule has 2 amide bonds. The number of anilines is 1. The number of sulfonamides is 1. The summed E-state index contributed by atoms with van der Waals surface area (Å²) in [7, 11) is -2.42. The fourth-order valence-electron chi connectivity index (χ4n) is 2.95. The van der Waals surface area contributed by atoms with Gasteiger partial charge in [0.05, 0.1) is 12.0 Å². The van der Waals surface area contributed by atoms with Crippen LogP contribution in [-0.4, -0.2) is 51.4 Å². The summed E-state index contributed by atoms with van der Waals surface area (Å²) >= 11 is 1.51. The molecule has 0 aliphatic heterocycles. The maximum absolute atomic E-state index is 12.9. The van der Waals surface area contributed by atoms with Crippen LogP contribution in [0.1, 0.15) is 29.6 Å². The lowest BCUT2D eigenvalue weighted by Gasteiger charge is -2.18. The van der Waals surface area contributed by atoms with Crippen LogP contribution >= 0.6 is 11.8 Å². The Morgan fingerprint density at radius 3 is 2.50 bits per heavy atom. The fourth-order valence-corrected chi connectivity index (χ4v) is 4.65. The van der Waals surface area contributed by atoms with Crippen molar-refractivity contribution < 1.29 is 22.7 Å². The molecule has 0 aromatic heterocycles. The Kier molecular flexibility index (Phi) is 8.16. The normalized spacial score (nSPS) is 14.4. The molecule has 172 valence electrons. The third-order valence-electron chi connectivity index (χ3n) is 4.90. The molecule has 3 rings (SSSR count). The van der Waals surface area contributed by atoms with Crippen molar-refractivity contribution in [3.8, 4) is 5.75 Å². The highest BCUT2D eigenvalue weighted by atomic mass is 32.2. The maximum Gasteiger partial charge on any atom is 0.251 e. The highest BCUT2D eigenvalue weighted by Crippen LogP contribution is 2.20. The van der Waals surface area contributed by atoms with Crippen molar-refractivity contribution in [2.45, 2.75) is 36.2 Å². The van der Waals surface area contributed by atoms with E-state index in [9.17, 15) is 18.0 Å². The van der Waals surface area contributed by atoms with E-state index in [1.54, 1.807) is 36.4 Å². The third-order valence-corrected chi connectivity index (χ3v) is 7.03. The number of nitrogens with one attached hydrogen (secondary N) is 3. The number of amides is 2. The van der Waals surface area contributed by atoms with E-state index in [1.165, 1.54) is 31.0 Å². The summed E-state index contributed by atoms with van der Waals surface area (Å²) in [6.07, 6.45) is 4.15. The minimum absolute atomic E-state index is 0.0407. The number of thioether (sulfide) groups is 1. The summed E-state index contributed by atoms with van der Waals surface area (Å²) < 4.78 is 33.2. The fraction of sp³-hybridized carbons (Fsp3) is 0.364. The summed E-state index contributed by atoms with van der Waals surface area (Å²) in [4.78, 5) is 25.2. The monoisotopic (exact) mass is 477 g/mol. The van der Waals surface area contributed by atoms with Gasteiger partial charge >= 0.3 is 0 Å². The molecule has 2 aromatic rings. The molecule has 3 N–H and O–H groups in total. The molecule has 0 heterocycles. The second-order valence-corrected chi connectivity index (χ2v) is 10.1. The van der Waals surface area contributed by atoms with Gasteiger partial charge in [0.15, 0.2) is 0 Å². The van der Waals surface area contributed by atoms with Gasteiger partial charge < -0.3 is 15.4 Å². The second kappa shape index (κ2) is 10.8. The molecular formula is C22H27N3O5S2. The van der Waals surface area contributed by atoms with Gasteiger partial charge in [-0.25, -0.2) is 8.42 Å². The smallest absolute Gasteiger partial charge is 0.251 e. The molecule has 1 atom stereocenters. The first-order valence-electron chi connectivity index (χ1n) is 10.2.